The van der Waals surface area contributed by atoms with Gasteiger partial charge in [-0.05, 0) is 79.4 Å². The zero-order valence-electron chi connectivity index (χ0n) is 23.6. The molecule has 1 aliphatic rings. The predicted octanol–water partition coefficient (Wildman–Crippen LogP) is 12.0. The van der Waals surface area contributed by atoms with Crippen molar-refractivity contribution >= 4 is 54.3 Å². The lowest BCUT2D eigenvalue weighted by Gasteiger charge is -2.19. The van der Waals surface area contributed by atoms with E-state index in [0.717, 1.165) is 33.7 Å². The highest BCUT2D eigenvalue weighted by Gasteiger charge is 2.18. The van der Waals surface area contributed by atoms with Crippen molar-refractivity contribution in [2.75, 3.05) is 0 Å². The maximum absolute atomic E-state index is 6.45. The minimum Gasteiger partial charge on any atom is -0.455 e. The zero-order valence-corrected chi connectivity index (χ0v) is 23.6. The van der Waals surface area contributed by atoms with Gasteiger partial charge in [0.2, 0.25) is 0 Å². The Hall–Kier alpha value is -5.40. The van der Waals surface area contributed by atoms with Crippen molar-refractivity contribution in [2.45, 2.75) is 12.3 Å². The zero-order chi connectivity index (χ0) is 28.3. The summed E-state index contributed by atoms with van der Waals surface area (Å²) < 4.78 is 6.45. The van der Waals surface area contributed by atoms with E-state index in [4.69, 9.17) is 4.42 Å². The molecular weight excluding hydrogens is 520 g/mol. The molecule has 0 aliphatic heterocycles. The van der Waals surface area contributed by atoms with Gasteiger partial charge in [0.25, 0.3) is 0 Å². The quantitative estimate of drug-likeness (QED) is 0.200. The molecule has 0 saturated carbocycles. The largest absolute Gasteiger partial charge is 0.455 e. The van der Waals surface area contributed by atoms with Crippen molar-refractivity contribution in [3.63, 3.8) is 0 Å². The predicted molar refractivity (Wildman–Crippen MR) is 183 cm³/mol. The number of hydrogen-bond acceptors (Lipinski definition) is 1. The van der Waals surface area contributed by atoms with Crippen LogP contribution in [0.3, 0.4) is 0 Å². The van der Waals surface area contributed by atoms with Gasteiger partial charge in [-0.15, -0.1) is 0 Å². The van der Waals surface area contributed by atoms with Crippen molar-refractivity contribution < 1.29 is 4.42 Å². The molecule has 1 heteroatoms. The van der Waals surface area contributed by atoms with Crippen LogP contribution in [-0.4, -0.2) is 0 Å². The summed E-state index contributed by atoms with van der Waals surface area (Å²) in [6, 6.07) is 46.5. The Morgan fingerprint density at radius 3 is 1.79 bits per heavy atom. The molecule has 43 heavy (non-hydrogen) atoms. The van der Waals surface area contributed by atoms with E-state index in [1.807, 2.05) is 0 Å². The highest BCUT2D eigenvalue weighted by molar-refractivity contribution is 6.22. The molecule has 7 aromatic carbocycles. The Bertz CT molecular complexity index is 2360. The van der Waals surface area contributed by atoms with Gasteiger partial charge >= 0.3 is 0 Å². The molecule has 202 valence electrons. The maximum atomic E-state index is 6.45. The van der Waals surface area contributed by atoms with E-state index in [-0.39, 0.29) is 0 Å². The van der Waals surface area contributed by atoms with Gasteiger partial charge in [0, 0.05) is 22.1 Å². The lowest BCUT2D eigenvalue weighted by atomic mass is 9.85. The van der Waals surface area contributed by atoms with Crippen LogP contribution in [0, 0.1) is 0 Å². The van der Waals surface area contributed by atoms with Gasteiger partial charge in [-0.25, -0.2) is 0 Å². The third-order valence-corrected chi connectivity index (χ3v) is 9.19. The first kappa shape index (κ1) is 24.2. The molecule has 0 spiro atoms. The van der Waals surface area contributed by atoms with Crippen molar-refractivity contribution in [1.29, 1.82) is 0 Å². The number of allylic oxidation sites excluding steroid dienone is 4. The van der Waals surface area contributed by atoms with Crippen molar-refractivity contribution in [2.24, 2.45) is 0 Å². The van der Waals surface area contributed by atoms with Crippen molar-refractivity contribution in [3.05, 3.63) is 157 Å². The first-order valence-electron chi connectivity index (χ1n) is 15.0. The Labute approximate surface area is 250 Å². The Kier molecular flexibility index (Phi) is 5.39. The van der Waals surface area contributed by atoms with Crippen LogP contribution in [-0.2, 0) is 0 Å². The summed E-state index contributed by atoms with van der Waals surface area (Å²) in [5.74, 6) is 0.446. The average Bonchev–Trinajstić information content (AvgIpc) is 3.46. The Morgan fingerprint density at radius 2 is 1.12 bits per heavy atom. The molecule has 0 radical (unpaired) electrons. The molecule has 0 saturated heterocycles. The molecule has 0 bridgehead atoms. The topological polar surface area (TPSA) is 13.1 Å². The van der Waals surface area contributed by atoms with Gasteiger partial charge in [-0.2, -0.15) is 0 Å². The summed E-state index contributed by atoms with van der Waals surface area (Å²) in [4.78, 5) is 0. The normalized spacial score (nSPS) is 14.9. The highest BCUT2D eigenvalue weighted by Crippen LogP contribution is 2.45. The fourth-order valence-corrected chi connectivity index (χ4v) is 7.14. The van der Waals surface area contributed by atoms with E-state index in [0.29, 0.717) is 5.92 Å². The lowest BCUT2D eigenvalue weighted by molar-refractivity contribution is 0.672. The molecule has 1 atom stereocenters. The monoisotopic (exact) mass is 548 g/mol. The summed E-state index contributed by atoms with van der Waals surface area (Å²) in [6.45, 7) is 0. The van der Waals surface area contributed by atoms with Crippen LogP contribution in [0.15, 0.2) is 156 Å². The van der Waals surface area contributed by atoms with Crippen LogP contribution in [0.4, 0.5) is 0 Å². The van der Waals surface area contributed by atoms with E-state index >= 15 is 0 Å². The molecule has 8 aromatic rings. The van der Waals surface area contributed by atoms with E-state index < -0.39 is 0 Å². The van der Waals surface area contributed by atoms with Crippen molar-refractivity contribution in [3.8, 4) is 22.3 Å². The van der Waals surface area contributed by atoms with E-state index in [1.54, 1.807) is 0 Å². The molecule has 1 aliphatic carbocycles. The smallest absolute Gasteiger partial charge is 0.143 e. The fourth-order valence-electron chi connectivity index (χ4n) is 7.14. The minimum absolute atomic E-state index is 0.446. The maximum Gasteiger partial charge on any atom is 0.143 e. The second kappa shape index (κ2) is 9.58. The molecular formula is C42H28O. The summed E-state index contributed by atoms with van der Waals surface area (Å²) >= 11 is 0. The highest BCUT2D eigenvalue weighted by atomic mass is 16.3. The number of hydrogen-bond donors (Lipinski definition) is 0. The molecule has 0 N–H and O–H groups in total. The van der Waals surface area contributed by atoms with E-state index in [1.165, 1.54) is 54.7 Å². The van der Waals surface area contributed by atoms with Crippen LogP contribution < -0.4 is 0 Å². The van der Waals surface area contributed by atoms with Crippen LogP contribution in [0.2, 0.25) is 0 Å². The summed E-state index contributed by atoms with van der Waals surface area (Å²) in [5.41, 5.74) is 8.26. The first-order valence-corrected chi connectivity index (χ1v) is 15.0. The molecule has 1 heterocycles. The Balaban J connectivity index is 1.28. The third kappa shape index (κ3) is 3.78. The standard InChI is InChI=1S/C42H28O/c1-2-10-27(11-3-1)28-18-20-30(21-19-28)40-33-14-6-8-16-35(33)41(36-17-9-7-15-34(36)40)31-23-25-39-38(26-31)37-24-22-29-12-4-5-13-32(29)42(37)43-39/h1-10,12-27H,11H2. The van der Waals surface area contributed by atoms with Crippen LogP contribution in [0.25, 0.3) is 76.5 Å². The van der Waals surface area contributed by atoms with Crippen LogP contribution >= 0.6 is 0 Å². The second-order valence-corrected chi connectivity index (χ2v) is 11.6. The second-order valence-electron chi connectivity index (χ2n) is 11.6. The number of rotatable bonds is 3. The number of benzene rings is 7. The van der Waals surface area contributed by atoms with Gasteiger partial charge in [-0.3, -0.25) is 0 Å². The molecule has 1 nitrogen and oxygen atoms in total. The van der Waals surface area contributed by atoms with Gasteiger partial charge in [0.1, 0.15) is 11.2 Å². The summed E-state index contributed by atoms with van der Waals surface area (Å²) in [6.07, 6.45) is 9.91. The minimum atomic E-state index is 0.446. The average molecular weight is 549 g/mol. The van der Waals surface area contributed by atoms with Crippen LogP contribution in [0.1, 0.15) is 17.9 Å². The van der Waals surface area contributed by atoms with Gasteiger partial charge in [0.15, 0.2) is 0 Å². The molecule has 9 rings (SSSR count). The summed E-state index contributed by atoms with van der Waals surface area (Å²) in [7, 11) is 0. The van der Waals surface area contributed by atoms with Gasteiger partial charge < -0.3 is 4.42 Å². The Morgan fingerprint density at radius 1 is 0.488 bits per heavy atom. The molecule has 1 aromatic heterocycles. The molecule has 0 fully saturated rings. The summed E-state index contributed by atoms with van der Waals surface area (Å²) in [5, 5.41) is 9.72. The lowest BCUT2D eigenvalue weighted by Crippen LogP contribution is -1.96. The van der Waals surface area contributed by atoms with Crippen molar-refractivity contribution in [1.82, 2.24) is 0 Å². The van der Waals surface area contributed by atoms with E-state index in [9.17, 15) is 0 Å². The number of furan rings is 1. The fraction of sp³-hybridized carbons (Fsp3) is 0.0476. The number of fused-ring (bicyclic) bond motifs is 7. The SMILES string of the molecule is C1=CCC(c2ccc(-c3c4ccccc4c(-c4ccc5oc6c7ccccc7ccc6c5c4)c4ccccc34)cc2)C=C1. The van der Waals surface area contributed by atoms with Crippen LogP contribution in [0.5, 0.6) is 0 Å². The van der Waals surface area contributed by atoms with Gasteiger partial charge in [0.05, 0.1) is 0 Å². The first-order chi connectivity index (χ1) is 21.3. The third-order valence-electron chi connectivity index (χ3n) is 9.19. The van der Waals surface area contributed by atoms with Gasteiger partial charge in [-0.1, -0.05) is 133 Å². The molecule has 0 amide bonds. The molecule has 1 unspecified atom stereocenters. The van der Waals surface area contributed by atoms with E-state index in [2.05, 4.69) is 152 Å².